The van der Waals surface area contributed by atoms with Gasteiger partial charge in [-0.2, -0.15) is 0 Å². The standard InChI is InChI=1S/C12H10ClN3O2S/c1-6-4-15-12(16-5-6)19-10-8(11(17)18)2-7(14)3-9(10)13/h2-5H,14H2,1H3,(H,17,18). The lowest BCUT2D eigenvalue weighted by atomic mass is 10.2. The second-order valence-corrected chi connectivity index (χ2v) is 5.21. The molecule has 98 valence electrons. The smallest absolute Gasteiger partial charge is 0.336 e. The monoisotopic (exact) mass is 295 g/mol. The minimum atomic E-state index is -1.09. The molecule has 19 heavy (non-hydrogen) atoms. The van der Waals surface area contributed by atoms with E-state index in [4.69, 9.17) is 22.4 Å². The number of anilines is 1. The summed E-state index contributed by atoms with van der Waals surface area (Å²) in [7, 11) is 0. The fourth-order valence-electron chi connectivity index (χ4n) is 1.40. The van der Waals surface area contributed by atoms with E-state index in [1.54, 1.807) is 12.4 Å². The van der Waals surface area contributed by atoms with Gasteiger partial charge < -0.3 is 10.8 Å². The first kappa shape index (κ1) is 13.6. The number of carboxylic acid groups (broad SMARTS) is 1. The van der Waals surface area contributed by atoms with Gasteiger partial charge in [0.15, 0.2) is 5.16 Å². The van der Waals surface area contributed by atoms with Gasteiger partial charge in [-0.15, -0.1) is 0 Å². The fraction of sp³-hybridized carbons (Fsp3) is 0.0833. The first-order chi connectivity index (χ1) is 8.97. The van der Waals surface area contributed by atoms with Gasteiger partial charge in [0.05, 0.1) is 10.6 Å². The van der Waals surface area contributed by atoms with Crippen LogP contribution in [0.4, 0.5) is 5.69 Å². The van der Waals surface area contributed by atoms with E-state index >= 15 is 0 Å². The molecular formula is C12H10ClN3O2S. The zero-order valence-electron chi connectivity index (χ0n) is 9.92. The molecule has 0 unspecified atom stereocenters. The number of hydrogen-bond acceptors (Lipinski definition) is 5. The number of aromatic nitrogens is 2. The Morgan fingerprint density at radius 3 is 2.58 bits per heavy atom. The highest BCUT2D eigenvalue weighted by atomic mass is 35.5. The summed E-state index contributed by atoms with van der Waals surface area (Å²) in [5.74, 6) is -1.09. The van der Waals surface area contributed by atoms with Crippen LogP contribution in [0, 0.1) is 6.92 Å². The van der Waals surface area contributed by atoms with Crippen molar-refractivity contribution >= 4 is 35.0 Å². The van der Waals surface area contributed by atoms with Crippen LogP contribution >= 0.6 is 23.4 Å². The molecule has 0 amide bonds. The summed E-state index contributed by atoms with van der Waals surface area (Å²) in [6.07, 6.45) is 3.31. The summed E-state index contributed by atoms with van der Waals surface area (Å²) in [6, 6.07) is 2.87. The summed E-state index contributed by atoms with van der Waals surface area (Å²) >= 11 is 7.14. The molecule has 0 aliphatic heterocycles. The number of aryl methyl sites for hydroxylation is 1. The highest BCUT2D eigenvalue weighted by Crippen LogP contribution is 2.36. The largest absolute Gasteiger partial charge is 0.478 e. The van der Waals surface area contributed by atoms with E-state index in [9.17, 15) is 4.79 Å². The molecule has 0 aliphatic carbocycles. The predicted molar refractivity (Wildman–Crippen MR) is 73.7 cm³/mol. The van der Waals surface area contributed by atoms with Gasteiger partial charge in [-0.05, 0) is 36.4 Å². The van der Waals surface area contributed by atoms with Gasteiger partial charge in [-0.25, -0.2) is 14.8 Å². The predicted octanol–water partition coefficient (Wildman–Crippen LogP) is 2.87. The molecule has 0 radical (unpaired) electrons. The lowest BCUT2D eigenvalue weighted by Gasteiger charge is -2.08. The Balaban J connectivity index is 2.44. The van der Waals surface area contributed by atoms with Crippen LogP contribution < -0.4 is 5.73 Å². The van der Waals surface area contributed by atoms with E-state index in [1.165, 1.54) is 12.1 Å². The lowest BCUT2D eigenvalue weighted by Crippen LogP contribution is -2.02. The number of halogens is 1. The Bertz CT molecular complexity index is 632. The van der Waals surface area contributed by atoms with Crippen molar-refractivity contribution in [1.29, 1.82) is 0 Å². The molecular weight excluding hydrogens is 286 g/mol. The third-order valence-corrected chi connectivity index (χ3v) is 3.69. The molecule has 1 aromatic heterocycles. The Labute approximate surface area is 118 Å². The molecule has 3 N–H and O–H groups in total. The van der Waals surface area contributed by atoms with Gasteiger partial charge in [-0.1, -0.05) is 11.6 Å². The Morgan fingerprint density at radius 2 is 2.00 bits per heavy atom. The van der Waals surface area contributed by atoms with Crippen LogP contribution in [0.3, 0.4) is 0 Å². The van der Waals surface area contributed by atoms with Gasteiger partial charge >= 0.3 is 5.97 Å². The number of carboxylic acids is 1. The molecule has 1 heterocycles. The molecule has 0 aliphatic rings. The lowest BCUT2D eigenvalue weighted by molar-refractivity contribution is 0.0693. The second kappa shape index (κ2) is 5.46. The summed E-state index contributed by atoms with van der Waals surface area (Å²) in [5, 5.41) is 9.87. The van der Waals surface area contributed by atoms with Crippen LogP contribution in [0.1, 0.15) is 15.9 Å². The third-order valence-electron chi connectivity index (χ3n) is 2.25. The van der Waals surface area contributed by atoms with Gasteiger partial charge in [0, 0.05) is 23.0 Å². The van der Waals surface area contributed by atoms with E-state index in [0.29, 0.717) is 15.7 Å². The first-order valence-electron chi connectivity index (χ1n) is 5.26. The number of aromatic carboxylic acids is 1. The SMILES string of the molecule is Cc1cnc(Sc2c(Cl)cc(N)cc2C(=O)O)nc1. The summed E-state index contributed by atoms with van der Waals surface area (Å²) in [5.41, 5.74) is 6.86. The van der Waals surface area contributed by atoms with Crippen molar-refractivity contribution in [3.63, 3.8) is 0 Å². The van der Waals surface area contributed by atoms with E-state index in [1.807, 2.05) is 6.92 Å². The Morgan fingerprint density at radius 1 is 1.37 bits per heavy atom. The van der Waals surface area contributed by atoms with Crippen LogP contribution in [0.15, 0.2) is 34.6 Å². The van der Waals surface area contributed by atoms with Gasteiger partial charge in [0.25, 0.3) is 0 Å². The van der Waals surface area contributed by atoms with Crippen LogP contribution in [-0.4, -0.2) is 21.0 Å². The van der Waals surface area contributed by atoms with Crippen molar-refractivity contribution in [2.45, 2.75) is 17.0 Å². The minimum Gasteiger partial charge on any atom is -0.478 e. The highest BCUT2D eigenvalue weighted by molar-refractivity contribution is 7.99. The number of rotatable bonds is 3. The van der Waals surface area contributed by atoms with Gasteiger partial charge in [0.2, 0.25) is 0 Å². The van der Waals surface area contributed by atoms with E-state index in [0.717, 1.165) is 17.3 Å². The topological polar surface area (TPSA) is 89.1 Å². The van der Waals surface area contributed by atoms with Crippen molar-refractivity contribution in [3.8, 4) is 0 Å². The van der Waals surface area contributed by atoms with Crippen molar-refractivity contribution in [3.05, 3.63) is 40.7 Å². The molecule has 0 atom stereocenters. The number of carbonyl (C=O) groups is 1. The first-order valence-corrected chi connectivity index (χ1v) is 6.45. The Kier molecular flexibility index (Phi) is 3.92. The van der Waals surface area contributed by atoms with Crippen molar-refractivity contribution < 1.29 is 9.90 Å². The molecule has 1 aromatic carbocycles. The van der Waals surface area contributed by atoms with E-state index < -0.39 is 5.97 Å². The van der Waals surface area contributed by atoms with Crippen molar-refractivity contribution in [1.82, 2.24) is 9.97 Å². The molecule has 5 nitrogen and oxygen atoms in total. The number of hydrogen-bond donors (Lipinski definition) is 2. The number of nitrogen functional groups attached to an aromatic ring is 1. The molecule has 7 heteroatoms. The molecule has 0 spiro atoms. The van der Waals surface area contributed by atoms with E-state index in [2.05, 4.69) is 9.97 Å². The summed E-state index contributed by atoms with van der Waals surface area (Å²) < 4.78 is 0. The zero-order valence-corrected chi connectivity index (χ0v) is 11.5. The van der Waals surface area contributed by atoms with Gasteiger partial charge in [0.1, 0.15) is 0 Å². The summed E-state index contributed by atoms with van der Waals surface area (Å²) in [4.78, 5) is 19.8. The molecule has 0 bridgehead atoms. The van der Waals surface area contributed by atoms with Crippen LogP contribution in [0.5, 0.6) is 0 Å². The second-order valence-electron chi connectivity index (χ2n) is 3.83. The normalized spacial score (nSPS) is 10.4. The van der Waals surface area contributed by atoms with Crippen LogP contribution in [-0.2, 0) is 0 Å². The molecule has 0 fully saturated rings. The molecule has 2 rings (SSSR count). The fourth-order valence-corrected chi connectivity index (χ4v) is 2.55. The van der Waals surface area contributed by atoms with E-state index in [-0.39, 0.29) is 10.6 Å². The third kappa shape index (κ3) is 3.15. The number of nitrogens with zero attached hydrogens (tertiary/aromatic N) is 2. The Hall–Kier alpha value is -1.79. The maximum Gasteiger partial charge on any atom is 0.336 e. The van der Waals surface area contributed by atoms with Crippen molar-refractivity contribution in [2.75, 3.05) is 5.73 Å². The maximum absolute atomic E-state index is 11.2. The number of benzene rings is 1. The van der Waals surface area contributed by atoms with Crippen LogP contribution in [0.25, 0.3) is 0 Å². The zero-order chi connectivity index (χ0) is 14.0. The number of nitrogens with two attached hydrogens (primary N) is 1. The molecule has 0 saturated carbocycles. The quantitative estimate of drug-likeness (QED) is 0.668. The van der Waals surface area contributed by atoms with Gasteiger partial charge in [-0.3, -0.25) is 0 Å². The highest BCUT2D eigenvalue weighted by Gasteiger charge is 2.17. The van der Waals surface area contributed by atoms with Crippen LogP contribution in [0.2, 0.25) is 5.02 Å². The molecule has 0 saturated heterocycles. The molecule has 2 aromatic rings. The minimum absolute atomic E-state index is 0.0409. The average Bonchev–Trinajstić information content (AvgIpc) is 2.34. The average molecular weight is 296 g/mol. The van der Waals surface area contributed by atoms with Crippen molar-refractivity contribution in [2.24, 2.45) is 0 Å². The summed E-state index contributed by atoms with van der Waals surface area (Å²) in [6.45, 7) is 1.87. The maximum atomic E-state index is 11.2.